The average molecular weight is 450 g/mol. The molecule has 0 atom stereocenters. The van der Waals surface area contributed by atoms with Crippen LogP contribution in [0.4, 0.5) is 4.39 Å². The molecule has 0 spiro atoms. The Morgan fingerprint density at radius 3 is 2.50 bits per heavy atom. The standard InChI is InChI=1S/C26H25ClFN3O/c27-20-15-13-19(14-16-20)18-31-24-11-6-5-10-23(24)30-25(31)12-2-1-7-17-29-26(32)21-8-3-4-9-22(21)28/h3-6,8-11,13-16H,1-2,7,12,17-18H2,(H,29,32). The molecule has 1 N–H and O–H groups in total. The summed E-state index contributed by atoms with van der Waals surface area (Å²) < 4.78 is 15.9. The van der Waals surface area contributed by atoms with Crippen LogP contribution in [0.1, 0.15) is 41.0 Å². The fourth-order valence-electron chi connectivity index (χ4n) is 3.79. The van der Waals surface area contributed by atoms with Gasteiger partial charge in [-0.2, -0.15) is 0 Å². The molecule has 0 saturated carbocycles. The van der Waals surface area contributed by atoms with Gasteiger partial charge < -0.3 is 9.88 Å². The molecular formula is C26H25ClFN3O. The molecule has 32 heavy (non-hydrogen) atoms. The van der Waals surface area contributed by atoms with Gasteiger partial charge in [-0.25, -0.2) is 9.37 Å². The maximum absolute atomic E-state index is 13.7. The van der Waals surface area contributed by atoms with Crippen LogP contribution in [0.25, 0.3) is 11.0 Å². The zero-order valence-corrected chi connectivity index (χ0v) is 18.5. The Morgan fingerprint density at radius 1 is 0.938 bits per heavy atom. The van der Waals surface area contributed by atoms with Crippen molar-refractivity contribution in [1.29, 1.82) is 0 Å². The van der Waals surface area contributed by atoms with Crippen LogP contribution in [0.15, 0.2) is 72.8 Å². The van der Waals surface area contributed by atoms with E-state index < -0.39 is 5.82 Å². The first-order valence-electron chi connectivity index (χ1n) is 10.8. The lowest BCUT2D eigenvalue weighted by molar-refractivity contribution is 0.0949. The van der Waals surface area contributed by atoms with Crippen molar-refractivity contribution < 1.29 is 9.18 Å². The number of fused-ring (bicyclic) bond motifs is 1. The molecule has 4 nitrogen and oxygen atoms in total. The smallest absolute Gasteiger partial charge is 0.254 e. The zero-order valence-electron chi connectivity index (χ0n) is 17.7. The van der Waals surface area contributed by atoms with E-state index in [1.165, 1.54) is 17.7 Å². The largest absolute Gasteiger partial charge is 0.352 e. The van der Waals surface area contributed by atoms with Crippen LogP contribution in [0.2, 0.25) is 5.02 Å². The summed E-state index contributed by atoms with van der Waals surface area (Å²) in [5, 5.41) is 3.53. The number of amides is 1. The summed E-state index contributed by atoms with van der Waals surface area (Å²) in [7, 11) is 0. The normalized spacial score (nSPS) is 11.1. The second-order valence-corrected chi connectivity index (χ2v) is 8.21. The third-order valence-electron chi connectivity index (χ3n) is 5.47. The van der Waals surface area contributed by atoms with Crippen molar-refractivity contribution in [2.24, 2.45) is 0 Å². The van der Waals surface area contributed by atoms with Crippen LogP contribution >= 0.6 is 11.6 Å². The number of hydrogen-bond acceptors (Lipinski definition) is 2. The van der Waals surface area contributed by atoms with Gasteiger partial charge in [0.05, 0.1) is 16.6 Å². The minimum Gasteiger partial charge on any atom is -0.352 e. The van der Waals surface area contributed by atoms with Crippen molar-refractivity contribution >= 4 is 28.5 Å². The molecule has 0 unspecified atom stereocenters. The number of halogens is 2. The molecule has 6 heteroatoms. The molecule has 1 heterocycles. The molecule has 0 aliphatic rings. The molecule has 0 aliphatic heterocycles. The average Bonchev–Trinajstić information content (AvgIpc) is 3.15. The number of nitrogens with zero attached hydrogens (tertiary/aromatic N) is 2. The summed E-state index contributed by atoms with van der Waals surface area (Å²) in [5.74, 6) is 0.189. The monoisotopic (exact) mass is 449 g/mol. The van der Waals surface area contributed by atoms with Crippen molar-refractivity contribution in [1.82, 2.24) is 14.9 Å². The molecular weight excluding hydrogens is 425 g/mol. The van der Waals surface area contributed by atoms with Crippen molar-refractivity contribution in [3.05, 3.63) is 101 Å². The van der Waals surface area contributed by atoms with E-state index in [9.17, 15) is 9.18 Å². The summed E-state index contributed by atoms with van der Waals surface area (Å²) in [6.45, 7) is 1.26. The predicted molar refractivity (Wildman–Crippen MR) is 127 cm³/mol. The van der Waals surface area contributed by atoms with Gasteiger partial charge >= 0.3 is 0 Å². The Kier molecular flexibility index (Phi) is 7.17. The first kappa shape index (κ1) is 22.0. The number of imidazole rings is 1. The molecule has 0 saturated heterocycles. The van der Waals surface area contributed by atoms with Crippen LogP contribution < -0.4 is 5.32 Å². The molecule has 3 aromatic carbocycles. The molecule has 1 amide bonds. The highest BCUT2D eigenvalue weighted by atomic mass is 35.5. The van der Waals surface area contributed by atoms with Gasteiger partial charge in [0.25, 0.3) is 5.91 Å². The lowest BCUT2D eigenvalue weighted by Crippen LogP contribution is -2.25. The van der Waals surface area contributed by atoms with E-state index in [1.807, 2.05) is 42.5 Å². The van der Waals surface area contributed by atoms with E-state index in [-0.39, 0.29) is 11.5 Å². The second kappa shape index (κ2) is 10.4. The molecule has 164 valence electrons. The highest BCUT2D eigenvalue weighted by Crippen LogP contribution is 2.20. The molecule has 1 aromatic heterocycles. The first-order valence-corrected chi connectivity index (χ1v) is 11.2. The molecule has 0 radical (unpaired) electrons. The fraction of sp³-hybridized carbons (Fsp3) is 0.231. The third kappa shape index (κ3) is 5.35. The number of aryl methyl sites for hydroxylation is 1. The number of unbranched alkanes of at least 4 members (excludes halogenated alkanes) is 2. The Bertz CT molecular complexity index is 1200. The summed E-state index contributed by atoms with van der Waals surface area (Å²) in [5.41, 5.74) is 3.38. The number of rotatable bonds is 9. The van der Waals surface area contributed by atoms with Crippen LogP contribution in [-0.4, -0.2) is 22.0 Å². The van der Waals surface area contributed by atoms with Gasteiger partial charge in [0, 0.05) is 24.5 Å². The van der Waals surface area contributed by atoms with Crippen molar-refractivity contribution in [2.45, 2.75) is 32.2 Å². The van der Waals surface area contributed by atoms with Crippen LogP contribution in [0.5, 0.6) is 0 Å². The number of carbonyl (C=O) groups excluding carboxylic acids is 1. The number of para-hydroxylation sites is 2. The zero-order chi connectivity index (χ0) is 22.3. The highest BCUT2D eigenvalue weighted by molar-refractivity contribution is 6.30. The highest BCUT2D eigenvalue weighted by Gasteiger charge is 2.12. The minimum absolute atomic E-state index is 0.0865. The summed E-state index contributed by atoms with van der Waals surface area (Å²) in [6.07, 6.45) is 3.59. The van der Waals surface area contributed by atoms with Crippen LogP contribution in [0, 0.1) is 5.82 Å². The van der Waals surface area contributed by atoms with Crippen molar-refractivity contribution in [3.8, 4) is 0 Å². The Hall–Kier alpha value is -3.18. The van der Waals surface area contributed by atoms with E-state index in [1.54, 1.807) is 12.1 Å². The van der Waals surface area contributed by atoms with Crippen molar-refractivity contribution in [2.75, 3.05) is 6.54 Å². The molecule has 4 rings (SSSR count). The van der Waals surface area contributed by atoms with E-state index in [4.69, 9.17) is 16.6 Å². The maximum Gasteiger partial charge on any atom is 0.254 e. The number of hydrogen-bond donors (Lipinski definition) is 1. The van der Waals surface area contributed by atoms with Gasteiger partial charge in [-0.05, 0) is 54.8 Å². The van der Waals surface area contributed by atoms with Gasteiger partial charge in [-0.3, -0.25) is 4.79 Å². The quantitative estimate of drug-likeness (QED) is 0.317. The first-order chi connectivity index (χ1) is 15.6. The van der Waals surface area contributed by atoms with Gasteiger partial charge in [0.1, 0.15) is 11.6 Å². The summed E-state index contributed by atoms with van der Waals surface area (Å²) >= 11 is 6.03. The topological polar surface area (TPSA) is 46.9 Å². The molecule has 0 aliphatic carbocycles. The summed E-state index contributed by atoms with van der Waals surface area (Å²) in [6, 6.07) is 22.1. The minimum atomic E-state index is -0.496. The molecule has 0 fully saturated rings. The predicted octanol–water partition coefficient (Wildman–Crippen LogP) is 6.02. The van der Waals surface area contributed by atoms with Crippen molar-refractivity contribution in [3.63, 3.8) is 0 Å². The number of benzene rings is 3. The van der Waals surface area contributed by atoms with Crippen LogP contribution in [0.3, 0.4) is 0 Å². The van der Waals surface area contributed by atoms with Gasteiger partial charge in [-0.1, -0.05) is 54.4 Å². The maximum atomic E-state index is 13.7. The Morgan fingerprint density at radius 2 is 1.69 bits per heavy atom. The second-order valence-electron chi connectivity index (χ2n) is 7.78. The number of aromatic nitrogens is 2. The van der Waals surface area contributed by atoms with Gasteiger partial charge in [-0.15, -0.1) is 0 Å². The number of nitrogens with one attached hydrogen (secondary N) is 1. The lowest BCUT2D eigenvalue weighted by Gasteiger charge is -2.10. The van der Waals surface area contributed by atoms with E-state index in [2.05, 4.69) is 16.0 Å². The van der Waals surface area contributed by atoms with Gasteiger partial charge in [0.15, 0.2) is 0 Å². The van der Waals surface area contributed by atoms with E-state index in [0.717, 1.165) is 54.1 Å². The Labute approximate surface area is 192 Å². The Balaban J connectivity index is 1.32. The van der Waals surface area contributed by atoms with E-state index >= 15 is 0 Å². The van der Waals surface area contributed by atoms with E-state index in [0.29, 0.717) is 6.54 Å². The number of carbonyl (C=O) groups is 1. The third-order valence-corrected chi connectivity index (χ3v) is 5.72. The lowest BCUT2D eigenvalue weighted by atomic mass is 10.1. The fourth-order valence-corrected chi connectivity index (χ4v) is 3.92. The molecule has 4 aromatic rings. The summed E-state index contributed by atoms with van der Waals surface area (Å²) in [4.78, 5) is 16.9. The van der Waals surface area contributed by atoms with Crippen LogP contribution in [-0.2, 0) is 13.0 Å². The molecule has 0 bridgehead atoms. The SMILES string of the molecule is O=C(NCCCCCc1nc2ccccc2n1Cc1ccc(Cl)cc1)c1ccccc1F. The van der Waals surface area contributed by atoms with Gasteiger partial charge in [0.2, 0.25) is 0 Å².